The lowest BCUT2D eigenvalue weighted by Crippen LogP contribution is -2.38. The lowest BCUT2D eigenvalue weighted by molar-refractivity contribution is 0.0914. The van der Waals surface area contributed by atoms with Crippen molar-refractivity contribution in [2.75, 3.05) is 13.1 Å². The highest BCUT2D eigenvalue weighted by molar-refractivity contribution is 5.92. The number of carbonyl (C=O) groups excluding carboxylic acids is 1. The van der Waals surface area contributed by atoms with Crippen molar-refractivity contribution in [2.45, 2.75) is 76.8 Å². The molecule has 1 aliphatic carbocycles. The number of unbranched alkanes of at least 4 members (excludes halogenated alkanes) is 1. The number of nitrogens with zero attached hydrogens (tertiary/aromatic N) is 2. The summed E-state index contributed by atoms with van der Waals surface area (Å²) in [4.78, 5) is 12.5. The zero-order chi connectivity index (χ0) is 16.8. The van der Waals surface area contributed by atoms with Gasteiger partial charge in [0.25, 0.3) is 5.91 Å². The third-order valence-corrected chi connectivity index (χ3v) is 5.63. The molecule has 1 aromatic heterocycles. The second-order valence-electron chi connectivity index (χ2n) is 7.51. The third-order valence-electron chi connectivity index (χ3n) is 5.63. The minimum Gasteiger partial charge on any atom is -0.348 e. The highest BCUT2D eigenvalue weighted by atomic mass is 16.2. The summed E-state index contributed by atoms with van der Waals surface area (Å²) in [5.74, 6) is 0.866. The molecule has 0 aromatic carbocycles. The molecule has 1 aliphatic heterocycles. The summed E-state index contributed by atoms with van der Waals surface area (Å²) in [6.45, 7) is 4.30. The smallest absolute Gasteiger partial charge is 0.271 e. The standard InChI is InChI=1S/C19H32N4O/c1-2-3-5-15-7-9-16(10-8-15)21-19(24)18-11-13-23(22-18)17-6-4-12-20-14-17/h11,13,15-17,20H,2-10,12,14H2,1H3,(H,21,24). The van der Waals surface area contributed by atoms with Crippen LogP contribution in [-0.2, 0) is 0 Å². The largest absolute Gasteiger partial charge is 0.348 e. The van der Waals surface area contributed by atoms with Gasteiger partial charge in [-0.05, 0) is 57.1 Å². The number of carbonyl (C=O) groups is 1. The Labute approximate surface area is 145 Å². The Bertz CT molecular complexity index is 513. The Morgan fingerprint density at radius 3 is 2.88 bits per heavy atom. The van der Waals surface area contributed by atoms with Gasteiger partial charge in [0.2, 0.25) is 0 Å². The molecule has 1 saturated carbocycles. The van der Waals surface area contributed by atoms with E-state index in [9.17, 15) is 4.79 Å². The maximum Gasteiger partial charge on any atom is 0.271 e. The number of amides is 1. The van der Waals surface area contributed by atoms with E-state index >= 15 is 0 Å². The number of hydrogen-bond acceptors (Lipinski definition) is 3. The normalized spacial score (nSPS) is 27.8. The highest BCUT2D eigenvalue weighted by Gasteiger charge is 2.24. The van der Waals surface area contributed by atoms with Gasteiger partial charge in [-0.25, -0.2) is 0 Å². The maximum absolute atomic E-state index is 12.5. The lowest BCUT2D eigenvalue weighted by atomic mass is 9.83. The van der Waals surface area contributed by atoms with Crippen molar-refractivity contribution in [2.24, 2.45) is 5.92 Å². The summed E-state index contributed by atoms with van der Waals surface area (Å²) in [6.07, 6.45) is 13.0. The van der Waals surface area contributed by atoms with E-state index in [-0.39, 0.29) is 5.91 Å². The quantitative estimate of drug-likeness (QED) is 0.840. The molecule has 1 atom stereocenters. The van der Waals surface area contributed by atoms with Crippen LogP contribution in [0.3, 0.4) is 0 Å². The van der Waals surface area contributed by atoms with Gasteiger partial charge in [0, 0.05) is 18.8 Å². The zero-order valence-corrected chi connectivity index (χ0v) is 15.0. The van der Waals surface area contributed by atoms with Crippen molar-refractivity contribution in [1.29, 1.82) is 0 Å². The van der Waals surface area contributed by atoms with E-state index in [1.165, 1.54) is 38.5 Å². The van der Waals surface area contributed by atoms with Crippen molar-refractivity contribution in [1.82, 2.24) is 20.4 Å². The first-order valence-corrected chi connectivity index (χ1v) is 9.83. The molecule has 2 fully saturated rings. The molecule has 5 heteroatoms. The molecule has 1 saturated heterocycles. The fourth-order valence-corrected chi connectivity index (χ4v) is 4.07. The summed E-state index contributed by atoms with van der Waals surface area (Å²) in [6, 6.07) is 2.57. The Hall–Kier alpha value is -1.36. The van der Waals surface area contributed by atoms with Gasteiger partial charge in [0.05, 0.1) is 6.04 Å². The van der Waals surface area contributed by atoms with E-state index in [2.05, 4.69) is 22.7 Å². The molecule has 1 unspecified atom stereocenters. The molecule has 0 spiro atoms. The monoisotopic (exact) mass is 332 g/mol. The van der Waals surface area contributed by atoms with Crippen LogP contribution in [0.15, 0.2) is 12.3 Å². The molecule has 2 heterocycles. The second kappa shape index (κ2) is 8.65. The predicted molar refractivity (Wildman–Crippen MR) is 96.1 cm³/mol. The predicted octanol–water partition coefficient (Wildman–Crippen LogP) is 3.29. The molecule has 0 radical (unpaired) electrons. The summed E-state index contributed by atoms with van der Waals surface area (Å²) >= 11 is 0. The van der Waals surface area contributed by atoms with Crippen LogP contribution in [0.5, 0.6) is 0 Å². The van der Waals surface area contributed by atoms with E-state index in [1.807, 2.05) is 16.9 Å². The minimum absolute atomic E-state index is 0.00507. The van der Waals surface area contributed by atoms with Crippen molar-refractivity contribution in [3.63, 3.8) is 0 Å². The summed E-state index contributed by atoms with van der Waals surface area (Å²) in [5.41, 5.74) is 0.564. The summed E-state index contributed by atoms with van der Waals surface area (Å²) in [5, 5.41) is 11.1. The van der Waals surface area contributed by atoms with Gasteiger partial charge in [0.15, 0.2) is 0 Å². The van der Waals surface area contributed by atoms with Gasteiger partial charge in [-0.1, -0.05) is 26.2 Å². The van der Waals surface area contributed by atoms with Crippen molar-refractivity contribution in [3.8, 4) is 0 Å². The van der Waals surface area contributed by atoms with Crippen LogP contribution >= 0.6 is 0 Å². The highest BCUT2D eigenvalue weighted by Crippen LogP contribution is 2.28. The van der Waals surface area contributed by atoms with Gasteiger partial charge < -0.3 is 10.6 Å². The van der Waals surface area contributed by atoms with E-state index in [4.69, 9.17) is 0 Å². The first-order valence-electron chi connectivity index (χ1n) is 9.83. The molecule has 5 nitrogen and oxygen atoms in total. The lowest BCUT2D eigenvalue weighted by Gasteiger charge is -2.29. The van der Waals surface area contributed by atoms with Crippen molar-refractivity contribution >= 4 is 5.91 Å². The van der Waals surface area contributed by atoms with Gasteiger partial charge in [-0.15, -0.1) is 0 Å². The molecular formula is C19H32N4O. The van der Waals surface area contributed by atoms with Gasteiger partial charge in [-0.3, -0.25) is 9.48 Å². The second-order valence-corrected chi connectivity index (χ2v) is 7.51. The Kier molecular flexibility index (Phi) is 6.30. The topological polar surface area (TPSA) is 59.0 Å². The van der Waals surface area contributed by atoms with Crippen LogP contribution in [0, 0.1) is 5.92 Å². The molecular weight excluding hydrogens is 300 g/mol. The Balaban J connectivity index is 1.46. The van der Waals surface area contributed by atoms with Gasteiger partial charge in [-0.2, -0.15) is 5.10 Å². The average Bonchev–Trinajstić information content (AvgIpc) is 3.12. The van der Waals surface area contributed by atoms with Crippen molar-refractivity contribution < 1.29 is 4.79 Å². The number of hydrogen-bond donors (Lipinski definition) is 2. The molecule has 0 bridgehead atoms. The number of nitrogens with one attached hydrogen (secondary N) is 2. The Morgan fingerprint density at radius 1 is 1.33 bits per heavy atom. The summed E-state index contributed by atoms with van der Waals surface area (Å²) < 4.78 is 1.96. The first-order chi connectivity index (χ1) is 11.8. The summed E-state index contributed by atoms with van der Waals surface area (Å²) in [7, 11) is 0. The average molecular weight is 332 g/mol. The fourth-order valence-electron chi connectivity index (χ4n) is 4.07. The molecule has 3 rings (SSSR count). The first kappa shape index (κ1) is 17.5. The molecule has 1 amide bonds. The van der Waals surface area contributed by atoms with Crippen LogP contribution in [0.1, 0.15) is 81.2 Å². The van der Waals surface area contributed by atoms with Gasteiger partial charge >= 0.3 is 0 Å². The molecule has 1 aromatic rings. The number of piperidine rings is 1. The molecule has 24 heavy (non-hydrogen) atoms. The van der Waals surface area contributed by atoms with Gasteiger partial charge in [0.1, 0.15) is 5.69 Å². The number of rotatable bonds is 6. The molecule has 134 valence electrons. The van der Waals surface area contributed by atoms with Crippen LogP contribution in [-0.4, -0.2) is 34.8 Å². The van der Waals surface area contributed by atoms with Crippen LogP contribution in [0.2, 0.25) is 0 Å². The van der Waals surface area contributed by atoms with E-state index in [1.54, 1.807) is 0 Å². The number of aromatic nitrogens is 2. The van der Waals surface area contributed by atoms with Crippen LogP contribution in [0.25, 0.3) is 0 Å². The van der Waals surface area contributed by atoms with Crippen LogP contribution in [0.4, 0.5) is 0 Å². The van der Waals surface area contributed by atoms with Crippen LogP contribution < -0.4 is 10.6 Å². The van der Waals surface area contributed by atoms with E-state index in [0.717, 1.165) is 38.3 Å². The van der Waals surface area contributed by atoms with E-state index < -0.39 is 0 Å². The molecule has 2 N–H and O–H groups in total. The Morgan fingerprint density at radius 2 is 2.17 bits per heavy atom. The molecule has 2 aliphatic rings. The maximum atomic E-state index is 12.5. The third kappa shape index (κ3) is 4.59. The minimum atomic E-state index is -0.00507. The van der Waals surface area contributed by atoms with Crippen molar-refractivity contribution in [3.05, 3.63) is 18.0 Å². The fraction of sp³-hybridized carbons (Fsp3) is 0.789. The SMILES string of the molecule is CCCCC1CCC(NC(=O)c2ccn(C3CCCNC3)n2)CC1. The van der Waals surface area contributed by atoms with E-state index in [0.29, 0.717) is 17.8 Å². The zero-order valence-electron chi connectivity index (χ0n) is 15.0.